The first-order valence-corrected chi connectivity index (χ1v) is 6.88. The van der Waals surface area contributed by atoms with Crippen molar-refractivity contribution in [1.29, 1.82) is 0 Å². The Morgan fingerprint density at radius 2 is 1.75 bits per heavy atom. The van der Waals surface area contributed by atoms with Gasteiger partial charge in [-0.15, -0.1) is 11.8 Å². The van der Waals surface area contributed by atoms with Gasteiger partial charge in [-0.2, -0.15) is 0 Å². The lowest BCUT2D eigenvalue weighted by molar-refractivity contribution is 1.23. The zero-order chi connectivity index (χ0) is 12.0. The van der Waals surface area contributed by atoms with Crippen LogP contribution in [0.25, 0.3) is 5.57 Å². The Labute approximate surface area is 103 Å². The van der Waals surface area contributed by atoms with E-state index in [9.17, 15) is 0 Å². The molecule has 0 atom stereocenters. The summed E-state index contributed by atoms with van der Waals surface area (Å²) in [6, 6.07) is 8.79. The molecule has 0 spiro atoms. The lowest BCUT2D eigenvalue weighted by atomic mass is 10.0. The molecule has 1 aromatic rings. The van der Waals surface area contributed by atoms with E-state index in [0.29, 0.717) is 0 Å². The highest BCUT2D eigenvalue weighted by molar-refractivity contribution is 7.98. The van der Waals surface area contributed by atoms with Crippen LogP contribution >= 0.6 is 11.8 Å². The molecule has 1 heteroatoms. The van der Waals surface area contributed by atoms with Gasteiger partial charge in [0.05, 0.1) is 0 Å². The van der Waals surface area contributed by atoms with Crippen LogP contribution in [0.15, 0.2) is 46.9 Å². The molecule has 0 unspecified atom stereocenters. The molecule has 0 amide bonds. The van der Waals surface area contributed by atoms with Crippen LogP contribution in [0.3, 0.4) is 0 Å². The predicted octanol–water partition coefficient (Wildman–Crippen LogP) is 5.17. The van der Waals surface area contributed by atoms with E-state index < -0.39 is 0 Å². The van der Waals surface area contributed by atoms with Gasteiger partial charge in [0, 0.05) is 4.90 Å². The summed E-state index contributed by atoms with van der Waals surface area (Å²) in [6.45, 7) is 6.45. The summed E-state index contributed by atoms with van der Waals surface area (Å²) >= 11 is 1.78. The second-order valence-corrected chi connectivity index (χ2v) is 4.90. The maximum atomic E-state index is 2.23. The van der Waals surface area contributed by atoms with Crippen molar-refractivity contribution in [2.24, 2.45) is 0 Å². The zero-order valence-corrected chi connectivity index (χ0v) is 11.4. The van der Waals surface area contributed by atoms with Crippen LogP contribution in [0.5, 0.6) is 0 Å². The van der Waals surface area contributed by atoms with Crippen LogP contribution in [0.2, 0.25) is 0 Å². The number of hydrogen-bond donors (Lipinski definition) is 0. The van der Waals surface area contributed by atoms with Gasteiger partial charge in [-0.1, -0.05) is 36.8 Å². The fourth-order valence-corrected chi connectivity index (χ4v) is 1.90. The van der Waals surface area contributed by atoms with Gasteiger partial charge >= 0.3 is 0 Å². The van der Waals surface area contributed by atoms with E-state index in [1.807, 2.05) is 0 Å². The molecule has 0 bridgehead atoms. The highest BCUT2D eigenvalue weighted by Gasteiger charge is 1.98. The molecule has 0 aromatic heterocycles. The van der Waals surface area contributed by atoms with Crippen LogP contribution in [-0.2, 0) is 0 Å². The number of allylic oxidation sites excluding steroid dienone is 4. The minimum Gasteiger partial charge on any atom is -0.130 e. The molecule has 0 fully saturated rings. The van der Waals surface area contributed by atoms with Crippen LogP contribution in [-0.4, -0.2) is 6.26 Å². The Hall–Kier alpha value is -0.950. The van der Waals surface area contributed by atoms with Gasteiger partial charge in [-0.05, 0) is 49.8 Å². The first-order valence-electron chi connectivity index (χ1n) is 5.66. The SMILES string of the molecule is CC/C(=C\C=C(C)C)c1ccc(SC)cc1. The average molecular weight is 232 g/mol. The Morgan fingerprint density at radius 1 is 1.12 bits per heavy atom. The third-order valence-corrected chi connectivity index (χ3v) is 3.20. The largest absolute Gasteiger partial charge is 0.130 e. The van der Waals surface area contributed by atoms with Crippen LogP contribution < -0.4 is 0 Å². The van der Waals surface area contributed by atoms with Crippen molar-refractivity contribution < 1.29 is 0 Å². The van der Waals surface area contributed by atoms with E-state index in [4.69, 9.17) is 0 Å². The van der Waals surface area contributed by atoms with E-state index in [0.717, 1.165) is 6.42 Å². The van der Waals surface area contributed by atoms with Crippen molar-refractivity contribution in [2.75, 3.05) is 6.26 Å². The standard InChI is InChI=1S/C15H20S/c1-5-13(7-6-12(2)3)14-8-10-15(16-4)11-9-14/h6-11H,5H2,1-4H3/b13-7+. The molecule has 0 nitrogen and oxygen atoms in total. The number of rotatable bonds is 4. The maximum Gasteiger partial charge on any atom is 0.00695 e. The highest BCUT2D eigenvalue weighted by atomic mass is 32.2. The van der Waals surface area contributed by atoms with Crippen molar-refractivity contribution in [3.8, 4) is 0 Å². The Balaban J connectivity index is 2.95. The highest BCUT2D eigenvalue weighted by Crippen LogP contribution is 2.22. The average Bonchev–Trinajstić information content (AvgIpc) is 2.30. The summed E-state index contributed by atoms with van der Waals surface area (Å²) in [6.07, 6.45) is 7.59. The van der Waals surface area contributed by atoms with Gasteiger partial charge in [0.1, 0.15) is 0 Å². The van der Waals surface area contributed by atoms with E-state index >= 15 is 0 Å². The number of hydrogen-bond acceptors (Lipinski definition) is 1. The van der Waals surface area contributed by atoms with Crippen molar-refractivity contribution in [1.82, 2.24) is 0 Å². The maximum absolute atomic E-state index is 2.23. The van der Waals surface area contributed by atoms with Crippen LogP contribution in [0.4, 0.5) is 0 Å². The summed E-state index contributed by atoms with van der Waals surface area (Å²) in [5.74, 6) is 0. The first kappa shape index (κ1) is 13.1. The van der Waals surface area contributed by atoms with Gasteiger partial charge in [0.15, 0.2) is 0 Å². The smallest absolute Gasteiger partial charge is 0.00695 e. The lowest BCUT2D eigenvalue weighted by Crippen LogP contribution is -1.82. The zero-order valence-electron chi connectivity index (χ0n) is 10.6. The fraction of sp³-hybridized carbons (Fsp3) is 0.333. The molecule has 16 heavy (non-hydrogen) atoms. The van der Waals surface area contributed by atoms with Crippen molar-refractivity contribution in [3.63, 3.8) is 0 Å². The summed E-state index contributed by atoms with van der Waals surface area (Å²) in [5.41, 5.74) is 4.07. The van der Waals surface area contributed by atoms with Gasteiger partial charge < -0.3 is 0 Å². The molecular formula is C15H20S. The molecular weight excluding hydrogens is 212 g/mol. The van der Waals surface area contributed by atoms with Crippen molar-refractivity contribution in [2.45, 2.75) is 32.1 Å². The van der Waals surface area contributed by atoms with E-state index in [-0.39, 0.29) is 0 Å². The van der Waals surface area contributed by atoms with Crippen LogP contribution in [0, 0.1) is 0 Å². The monoisotopic (exact) mass is 232 g/mol. The molecule has 1 rings (SSSR count). The molecule has 86 valence electrons. The fourth-order valence-electron chi connectivity index (χ4n) is 1.49. The van der Waals surface area contributed by atoms with E-state index in [1.165, 1.54) is 21.6 Å². The third-order valence-electron chi connectivity index (χ3n) is 2.46. The summed E-state index contributed by atoms with van der Waals surface area (Å²) in [7, 11) is 0. The van der Waals surface area contributed by atoms with Crippen LogP contribution in [0.1, 0.15) is 32.8 Å². The summed E-state index contributed by atoms with van der Waals surface area (Å²) in [4.78, 5) is 1.32. The second-order valence-electron chi connectivity index (χ2n) is 4.02. The van der Waals surface area contributed by atoms with Gasteiger partial charge in [-0.3, -0.25) is 0 Å². The van der Waals surface area contributed by atoms with Crippen molar-refractivity contribution >= 4 is 17.3 Å². The predicted molar refractivity (Wildman–Crippen MR) is 75.9 cm³/mol. The quantitative estimate of drug-likeness (QED) is 0.510. The molecule has 0 saturated heterocycles. The Morgan fingerprint density at radius 3 is 2.19 bits per heavy atom. The lowest BCUT2D eigenvalue weighted by Gasteiger charge is -2.05. The summed E-state index contributed by atoms with van der Waals surface area (Å²) < 4.78 is 0. The Bertz CT molecular complexity index is 378. The second kappa shape index (κ2) is 6.59. The number of thioether (sulfide) groups is 1. The molecule has 0 radical (unpaired) electrons. The third kappa shape index (κ3) is 3.90. The molecule has 0 saturated carbocycles. The van der Waals surface area contributed by atoms with Gasteiger partial charge in [0.25, 0.3) is 0 Å². The van der Waals surface area contributed by atoms with Crippen molar-refractivity contribution in [3.05, 3.63) is 47.6 Å². The van der Waals surface area contributed by atoms with Gasteiger partial charge in [0.2, 0.25) is 0 Å². The topological polar surface area (TPSA) is 0 Å². The normalized spacial score (nSPS) is 11.4. The molecule has 0 aliphatic carbocycles. The van der Waals surface area contributed by atoms with Gasteiger partial charge in [-0.25, -0.2) is 0 Å². The van der Waals surface area contributed by atoms with E-state index in [2.05, 4.69) is 63.4 Å². The minimum absolute atomic E-state index is 1.07. The first-order chi connectivity index (χ1) is 7.67. The molecule has 0 heterocycles. The Kier molecular flexibility index (Phi) is 5.41. The summed E-state index contributed by atoms with van der Waals surface area (Å²) in [5, 5.41) is 0. The molecule has 0 aliphatic rings. The molecule has 0 aliphatic heterocycles. The molecule has 0 N–H and O–H groups in total. The number of benzene rings is 1. The van der Waals surface area contributed by atoms with E-state index in [1.54, 1.807) is 11.8 Å². The molecule has 1 aromatic carbocycles. The minimum atomic E-state index is 1.07.